The molecule has 1 aromatic rings. The Morgan fingerprint density at radius 2 is 1.90 bits per heavy atom. The fourth-order valence-electron chi connectivity index (χ4n) is 2.48. The largest absolute Gasteiger partial charge is 0.433 e. The number of rotatable bonds is 5. The number of alkyl halides is 2. The Labute approximate surface area is 123 Å². The number of nitrogens with zero attached hydrogens (tertiary/aromatic N) is 1. The highest BCUT2D eigenvalue weighted by molar-refractivity contribution is 5.95. The fraction of sp³-hybridized carbons (Fsp3) is 0.533. The summed E-state index contributed by atoms with van der Waals surface area (Å²) in [5, 5.41) is 2.67. The molecule has 4 nitrogen and oxygen atoms in total. The van der Waals surface area contributed by atoms with Gasteiger partial charge in [0.1, 0.15) is 5.75 Å². The lowest BCUT2D eigenvalue weighted by Gasteiger charge is -2.31. The van der Waals surface area contributed by atoms with Crippen LogP contribution in [0.5, 0.6) is 5.75 Å². The van der Waals surface area contributed by atoms with Crippen LogP contribution < -0.4 is 10.1 Å². The van der Waals surface area contributed by atoms with E-state index >= 15 is 0 Å². The van der Waals surface area contributed by atoms with E-state index in [1.807, 2.05) is 6.92 Å². The van der Waals surface area contributed by atoms with Gasteiger partial charge in [-0.1, -0.05) is 18.6 Å². The lowest BCUT2D eigenvalue weighted by molar-refractivity contribution is -0.121. The van der Waals surface area contributed by atoms with E-state index in [0.717, 1.165) is 25.9 Å². The smallest absolute Gasteiger partial charge is 0.387 e. The maximum absolute atomic E-state index is 12.3. The third kappa shape index (κ3) is 4.39. The second-order valence-corrected chi connectivity index (χ2v) is 5.14. The molecule has 1 amide bonds. The summed E-state index contributed by atoms with van der Waals surface area (Å²) in [5.41, 5.74) is 0.270. The number of nitrogens with one attached hydrogen (secondary N) is 1. The van der Waals surface area contributed by atoms with Crippen molar-refractivity contribution in [1.82, 2.24) is 4.90 Å². The second kappa shape index (κ2) is 7.36. The van der Waals surface area contributed by atoms with Gasteiger partial charge in [-0.15, -0.1) is 0 Å². The first kappa shape index (κ1) is 15.7. The van der Waals surface area contributed by atoms with Crippen molar-refractivity contribution in [2.24, 2.45) is 0 Å². The molecule has 2 rings (SSSR count). The van der Waals surface area contributed by atoms with Gasteiger partial charge in [0.2, 0.25) is 5.91 Å². The Morgan fingerprint density at radius 3 is 2.57 bits per heavy atom. The van der Waals surface area contributed by atoms with Crippen LogP contribution in [-0.2, 0) is 4.79 Å². The monoisotopic (exact) mass is 298 g/mol. The molecule has 0 saturated carbocycles. The molecule has 1 atom stereocenters. The Morgan fingerprint density at radius 1 is 1.24 bits per heavy atom. The maximum atomic E-state index is 12.3. The highest BCUT2D eigenvalue weighted by Crippen LogP contribution is 2.26. The minimum absolute atomic E-state index is 0.0216. The van der Waals surface area contributed by atoms with E-state index in [1.54, 1.807) is 18.2 Å². The van der Waals surface area contributed by atoms with Crippen molar-refractivity contribution in [2.75, 3.05) is 18.4 Å². The van der Waals surface area contributed by atoms with Crippen LogP contribution in [0.4, 0.5) is 14.5 Å². The number of para-hydroxylation sites is 2. The number of halogens is 2. The molecule has 1 aliphatic heterocycles. The molecule has 1 N–H and O–H groups in total. The zero-order valence-corrected chi connectivity index (χ0v) is 12.0. The van der Waals surface area contributed by atoms with Gasteiger partial charge in [-0.25, -0.2) is 0 Å². The van der Waals surface area contributed by atoms with Crippen molar-refractivity contribution in [1.29, 1.82) is 0 Å². The summed E-state index contributed by atoms with van der Waals surface area (Å²) in [6.07, 6.45) is 3.36. The number of carbonyl (C=O) groups excluding carboxylic acids is 1. The first-order valence-corrected chi connectivity index (χ1v) is 7.16. The minimum Gasteiger partial charge on any atom is -0.433 e. The van der Waals surface area contributed by atoms with Crippen molar-refractivity contribution in [2.45, 2.75) is 38.8 Å². The summed E-state index contributed by atoms with van der Waals surface area (Å²) >= 11 is 0. The number of ether oxygens (including phenoxy) is 1. The molecule has 0 bridgehead atoms. The molecular weight excluding hydrogens is 278 g/mol. The van der Waals surface area contributed by atoms with Crippen molar-refractivity contribution in [3.63, 3.8) is 0 Å². The Hall–Kier alpha value is -1.69. The topological polar surface area (TPSA) is 41.6 Å². The van der Waals surface area contributed by atoms with E-state index < -0.39 is 6.61 Å². The SMILES string of the molecule is C[C@@H](C(=O)Nc1ccccc1OC(F)F)N1CCCCC1. The van der Waals surface area contributed by atoms with Gasteiger partial charge in [0.25, 0.3) is 0 Å². The van der Waals surface area contributed by atoms with Gasteiger partial charge in [0.05, 0.1) is 11.7 Å². The summed E-state index contributed by atoms with van der Waals surface area (Å²) < 4.78 is 29.1. The summed E-state index contributed by atoms with van der Waals surface area (Å²) in [4.78, 5) is 14.4. The molecule has 0 spiro atoms. The van der Waals surface area contributed by atoms with Gasteiger partial charge in [0.15, 0.2) is 0 Å². The lowest BCUT2D eigenvalue weighted by atomic mass is 10.1. The first-order chi connectivity index (χ1) is 10.1. The molecular formula is C15H20F2N2O2. The molecule has 1 aliphatic rings. The molecule has 0 unspecified atom stereocenters. The Kier molecular flexibility index (Phi) is 5.50. The normalized spacial score (nSPS) is 17.5. The number of likely N-dealkylation sites (tertiary alicyclic amines) is 1. The molecule has 1 heterocycles. The van der Waals surface area contributed by atoms with Crippen LogP contribution in [0.25, 0.3) is 0 Å². The maximum Gasteiger partial charge on any atom is 0.387 e. The second-order valence-electron chi connectivity index (χ2n) is 5.14. The Balaban J connectivity index is 2.01. The van der Waals surface area contributed by atoms with Gasteiger partial charge >= 0.3 is 6.61 Å². The molecule has 0 radical (unpaired) electrons. The van der Waals surface area contributed by atoms with Crippen molar-refractivity contribution in [3.8, 4) is 5.75 Å². The van der Waals surface area contributed by atoms with E-state index in [1.165, 1.54) is 12.5 Å². The van der Waals surface area contributed by atoms with Crippen LogP contribution >= 0.6 is 0 Å². The average molecular weight is 298 g/mol. The van der Waals surface area contributed by atoms with Crippen LogP contribution in [0, 0.1) is 0 Å². The van der Waals surface area contributed by atoms with Gasteiger partial charge in [-0.2, -0.15) is 8.78 Å². The zero-order valence-electron chi connectivity index (χ0n) is 12.0. The summed E-state index contributed by atoms with van der Waals surface area (Å²) in [6.45, 7) is 0.702. The number of carbonyl (C=O) groups is 1. The quantitative estimate of drug-likeness (QED) is 0.908. The third-order valence-electron chi connectivity index (χ3n) is 3.68. The van der Waals surface area contributed by atoms with Crippen LogP contribution in [0.3, 0.4) is 0 Å². The van der Waals surface area contributed by atoms with Gasteiger partial charge in [-0.05, 0) is 45.0 Å². The van der Waals surface area contributed by atoms with E-state index in [0.29, 0.717) is 0 Å². The summed E-state index contributed by atoms with van der Waals surface area (Å²) in [6, 6.07) is 5.93. The molecule has 1 fully saturated rings. The van der Waals surface area contributed by atoms with E-state index in [9.17, 15) is 13.6 Å². The Bertz CT molecular complexity index is 476. The summed E-state index contributed by atoms with van der Waals surface area (Å²) in [7, 11) is 0. The molecule has 0 aliphatic carbocycles. The van der Waals surface area contributed by atoms with Gasteiger partial charge in [-0.3, -0.25) is 9.69 Å². The average Bonchev–Trinajstić information content (AvgIpc) is 2.49. The number of amides is 1. The van der Waals surface area contributed by atoms with Crippen LogP contribution in [0.15, 0.2) is 24.3 Å². The highest BCUT2D eigenvalue weighted by atomic mass is 19.3. The lowest BCUT2D eigenvalue weighted by Crippen LogP contribution is -2.44. The number of hydrogen-bond donors (Lipinski definition) is 1. The van der Waals surface area contributed by atoms with Crippen LogP contribution in [0.1, 0.15) is 26.2 Å². The zero-order chi connectivity index (χ0) is 15.2. The van der Waals surface area contributed by atoms with Crippen molar-refractivity contribution < 1.29 is 18.3 Å². The van der Waals surface area contributed by atoms with Gasteiger partial charge < -0.3 is 10.1 Å². The molecule has 6 heteroatoms. The number of hydrogen-bond acceptors (Lipinski definition) is 3. The van der Waals surface area contributed by atoms with E-state index in [4.69, 9.17) is 0 Å². The highest BCUT2D eigenvalue weighted by Gasteiger charge is 2.23. The van der Waals surface area contributed by atoms with Gasteiger partial charge in [0, 0.05) is 0 Å². The van der Waals surface area contributed by atoms with E-state index in [2.05, 4.69) is 15.0 Å². The van der Waals surface area contributed by atoms with E-state index in [-0.39, 0.29) is 23.4 Å². The standard InChI is InChI=1S/C15H20F2N2O2/c1-11(19-9-5-2-6-10-19)14(20)18-12-7-3-4-8-13(12)21-15(16)17/h3-4,7-8,11,15H,2,5-6,9-10H2,1H3,(H,18,20)/t11-/m0/s1. The van der Waals surface area contributed by atoms with Crippen molar-refractivity contribution >= 4 is 11.6 Å². The molecule has 21 heavy (non-hydrogen) atoms. The third-order valence-corrected chi connectivity index (χ3v) is 3.68. The number of benzene rings is 1. The summed E-state index contributed by atoms with van der Waals surface area (Å²) in [5.74, 6) is -0.228. The minimum atomic E-state index is -2.91. The molecule has 116 valence electrons. The first-order valence-electron chi connectivity index (χ1n) is 7.16. The number of anilines is 1. The molecule has 1 aromatic carbocycles. The number of piperidine rings is 1. The predicted molar refractivity (Wildman–Crippen MR) is 76.6 cm³/mol. The van der Waals surface area contributed by atoms with Crippen LogP contribution in [0.2, 0.25) is 0 Å². The molecule has 0 aromatic heterocycles. The van der Waals surface area contributed by atoms with Crippen LogP contribution in [-0.4, -0.2) is 36.5 Å². The predicted octanol–water partition coefficient (Wildman–Crippen LogP) is 3.10. The fourth-order valence-corrected chi connectivity index (χ4v) is 2.48. The molecule has 1 saturated heterocycles. The van der Waals surface area contributed by atoms with Crippen molar-refractivity contribution in [3.05, 3.63) is 24.3 Å².